The van der Waals surface area contributed by atoms with Gasteiger partial charge in [0.2, 0.25) is 0 Å². The van der Waals surface area contributed by atoms with Gasteiger partial charge in [-0.05, 0) is 38.0 Å². The highest BCUT2D eigenvalue weighted by Gasteiger charge is 2.46. The molecule has 4 rings (SSSR count). The van der Waals surface area contributed by atoms with Crippen LogP contribution in [0.5, 0.6) is 0 Å². The average molecular weight is 442 g/mol. The van der Waals surface area contributed by atoms with Gasteiger partial charge in [-0.3, -0.25) is 19.6 Å². The minimum atomic E-state index is -0.797. The molecule has 1 amide bonds. The molecule has 1 aromatic heterocycles. The van der Waals surface area contributed by atoms with Gasteiger partial charge in [-0.1, -0.05) is 12.1 Å². The minimum absolute atomic E-state index is 0.000538. The number of aliphatic hydroxyl groups excluding tert-OH is 1. The molecule has 0 radical (unpaired) electrons. The normalized spacial score (nSPS) is 21.5. The fourth-order valence-corrected chi connectivity index (χ4v) is 4.43. The molecule has 2 fully saturated rings. The van der Waals surface area contributed by atoms with Crippen molar-refractivity contribution in [1.82, 2.24) is 20.0 Å². The molecule has 0 unspecified atom stereocenters. The summed E-state index contributed by atoms with van der Waals surface area (Å²) in [6.07, 6.45) is 0.661. The van der Waals surface area contributed by atoms with Gasteiger partial charge in [-0.2, -0.15) is 5.10 Å². The Morgan fingerprint density at radius 1 is 1.19 bits per heavy atom. The van der Waals surface area contributed by atoms with Crippen LogP contribution in [0.1, 0.15) is 35.0 Å². The largest absolute Gasteiger partial charge is 0.507 e. The van der Waals surface area contributed by atoms with Gasteiger partial charge >= 0.3 is 0 Å². The van der Waals surface area contributed by atoms with Crippen LogP contribution in [0.2, 0.25) is 0 Å². The Morgan fingerprint density at radius 2 is 1.88 bits per heavy atom. The smallest absolute Gasteiger partial charge is 0.295 e. The summed E-state index contributed by atoms with van der Waals surface area (Å²) in [4.78, 5) is 29.8. The van der Waals surface area contributed by atoms with Crippen molar-refractivity contribution in [2.24, 2.45) is 0 Å². The van der Waals surface area contributed by atoms with Gasteiger partial charge in [-0.15, -0.1) is 0 Å². The number of H-pyrrole nitrogens is 1. The highest BCUT2D eigenvalue weighted by atomic mass is 19.1. The Bertz CT molecular complexity index is 1020. The number of ether oxygens (including phenoxy) is 1. The molecule has 8 nitrogen and oxygen atoms in total. The Kier molecular flexibility index (Phi) is 6.38. The van der Waals surface area contributed by atoms with Gasteiger partial charge in [0, 0.05) is 31.9 Å². The molecular formula is C23H27FN4O4. The lowest BCUT2D eigenvalue weighted by Gasteiger charge is -2.29. The Balaban J connectivity index is 1.69. The van der Waals surface area contributed by atoms with Crippen molar-refractivity contribution >= 4 is 17.4 Å². The summed E-state index contributed by atoms with van der Waals surface area (Å²) in [5.74, 6) is -2.10. The third-order valence-corrected chi connectivity index (χ3v) is 6.07. The van der Waals surface area contributed by atoms with E-state index in [4.69, 9.17) is 4.74 Å². The number of hydrogen-bond acceptors (Lipinski definition) is 6. The van der Waals surface area contributed by atoms with Crippen molar-refractivity contribution in [3.63, 3.8) is 0 Å². The molecule has 0 spiro atoms. The molecule has 2 saturated heterocycles. The van der Waals surface area contributed by atoms with Crippen LogP contribution in [0.4, 0.5) is 4.39 Å². The number of ketones is 1. The molecule has 0 aliphatic carbocycles. The van der Waals surface area contributed by atoms with Gasteiger partial charge in [-0.25, -0.2) is 4.39 Å². The summed E-state index contributed by atoms with van der Waals surface area (Å²) in [6, 6.07) is 4.87. The summed E-state index contributed by atoms with van der Waals surface area (Å²) in [5.41, 5.74) is 2.09. The molecule has 2 N–H and O–H groups in total. The van der Waals surface area contributed by atoms with Crippen LogP contribution in [-0.4, -0.2) is 76.2 Å². The molecule has 0 saturated carbocycles. The Morgan fingerprint density at radius 3 is 2.50 bits per heavy atom. The standard InChI is InChI=1S/C23H27FN4O4/c1-14-18(15(2)26-25-14)21(29)19-20(16-4-6-17(24)7-5-16)28(23(31)22(19)30)9-3-8-27-10-12-32-13-11-27/h4-7,20,29H,3,8-13H2,1-2H3,(H,25,26)/t20-/m1/s1. The number of rotatable bonds is 6. The zero-order chi connectivity index (χ0) is 22.8. The average Bonchev–Trinajstić information content (AvgIpc) is 3.25. The second kappa shape index (κ2) is 9.22. The summed E-state index contributed by atoms with van der Waals surface area (Å²) in [6.45, 7) is 7.59. The summed E-state index contributed by atoms with van der Waals surface area (Å²) in [7, 11) is 0. The third kappa shape index (κ3) is 4.18. The van der Waals surface area contributed by atoms with E-state index in [1.165, 1.54) is 17.0 Å². The maximum Gasteiger partial charge on any atom is 0.295 e. The van der Waals surface area contributed by atoms with E-state index in [0.29, 0.717) is 48.7 Å². The molecule has 1 atom stereocenters. The lowest BCUT2D eigenvalue weighted by molar-refractivity contribution is -0.140. The minimum Gasteiger partial charge on any atom is -0.507 e. The number of hydrogen-bond donors (Lipinski definition) is 2. The lowest BCUT2D eigenvalue weighted by Crippen LogP contribution is -2.38. The van der Waals surface area contributed by atoms with Crippen molar-refractivity contribution in [2.45, 2.75) is 26.3 Å². The zero-order valence-electron chi connectivity index (χ0n) is 18.2. The molecule has 2 aromatic rings. The number of amides is 1. The molecule has 1 aromatic carbocycles. The molecular weight excluding hydrogens is 415 g/mol. The molecule has 2 aliphatic heterocycles. The van der Waals surface area contributed by atoms with Crippen molar-refractivity contribution < 1.29 is 23.8 Å². The van der Waals surface area contributed by atoms with Crippen molar-refractivity contribution in [3.8, 4) is 0 Å². The lowest BCUT2D eigenvalue weighted by atomic mass is 9.94. The third-order valence-electron chi connectivity index (χ3n) is 6.07. The molecule has 32 heavy (non-hydrogen) atoms. The van der Waals surface area contributed by atoms with Crippen LogP contribution < -0.4 is 0 Å². The van der Waals surface area contributed by atoms with E-state index in [0.717, 1.165) is 19.6 Å². The van der Waals surface area contributed by atoms with E-state index < -0.39 is 23.5 Å². The molecule has 3 heterocycles. The number of morpholine rings is 1. The van der Waals surface area contributed by atoms with Crippen molar-refractivity contribution in [2.75, 3.05) is 39.4 Å². The maximum atomic E-state index is 13.6. The van der Waals surface area contributed by atoms with Gasteiger partial charge < -0.3 is 14.7 Å². The van der Waals surface area contributed by atoms with Gasteiger partial charge in [0.1, 0.15) is 11.6 Å². The predicted molar refractivity (Wildman–Crippen MR) is 115 cm³/mol. The Hall–Kier alpha value is -3.04. The number of carbonyl (C=O) groups is 2. The first-order valence-corrected chi connectivity index (χ1v) is 10.7. The van der Waals surface area contributed by atoms with Crippen LogP contribution in [0.15, 0.2) is 29.8 Å². The van der Waals surface area contributed by atoms with E-state index in [2.05, 4.69) is 15.1 Å². The van der Waals surface area contributed by atoms with Crippen LogP contribution >= 0.6 is 0 Å². The molecule has 2 aliphatic rings. The number of nitrogens with one attached hydrogen (secondary N) is 1. The predicted octanol–water partition coefficient (Wildman–Crippen LogP) is 2.31. The summed E-state index contributed by atoms with van der Waals surface area (Å²) >= 11 is 0. The van der Waals surface area contributed by atoms with E-state index >= 15 is 0 Å². The number of carbonyl (C=O) groups excluding carboxylic acids is 2. The number of Topliss-reactive ketones (excluding diaryl/α,β-unsaturated/α-hetero) is 1. The number of aromatic amines is 1. The highest BCUT2D eigenvalue weighted by Crippen LogP contribution is 2.40. The summed E-state index contributed by atoms with van der Waals surface area (Å²) in [5, 5.41) is 18.0. The highest BCUT2D eigenvalue weighted by molar-refractivity contribution is 6.46. The number of aryl methyl sites for hydroxylation is 2. The van der Waals surface area contributed by atoms with Crippen LogP contribution in [0, 0.1) is 19.7 Å². The first kappa shape index (κ1) is 22.2. The number of aliphatic hydroxyl groups is 1. The molecule has 9 heteroatoms. The van der Waals surface area contributed by atoms with Crippen molar-refractivity contribution in [1.29, 1.82) is 0 Å². The van der Waals surface area contributed by atoms with Gasteiger partial charge in [0.25, 0.3) is 11.7 Å². The topological polar surface area (TPSA) is 98.8 Å². The zero-order valence-corrected chi connectivity index (χ0v) is 18.2. The number of nitrogens with zero attached hydrogens (tertiary/aromatic N) is 3. The quantitative estimate of drug-likeness (QED) is 0.405. The van der Waals surface area contributed by atoms with E-state index in [1.807, 2.05) is 0 Å². The van der Waals surface area contributed by atoms with E-state index in [9.17, 15) is 19.1 Å². The molecule has 0 bridgehead atoms. The van der Waals surface area contributed by atoms with E-state index in [1.54, 1.807) is 26.0 Å². The summed E-state index contributed by atoms with van der Waals surface area (Å²) < 4.78 is 18.9. The van der Waals surface area contributed by atoms with Gasteiger partial charge in [0.05, 0.1) is 36.1 Å². The first-order valence-electron chi connectivity index (χ1n) is 10.7. The molecule has 170 valence electrons. The number of likely N-dealkylation sites (tertiary alicyclic amines) is 1. The fraction of sp³-hybridized carbons (Fsp3) is 0.435. The number of halogens is 1. The van der Waals surface area contributed by atoms with Crippen LogP contribution in [-0.2, 0) is 14.3 Å². The second-order valence-corrected chi connectivity index (χ2v) is 8.16. The number of benzene rings is 1. The first-order chi connectivity index (χ1) is 15.4. The van der Waals surface area contributed by atoms with Gasteiger partial charge in [0.15, 0.2) is 0 Å². The Labute approximate surface area is 185 Å². The fourth-order valence-electron chi connectivity index (χ4n) is 4.43. The van der Waals surface area contributed by atoms with Crippen LogP contribution in [0.3, 0.4) is 0 Å². The van der Waals surface area contributed by atoms with E-state index in [-0.39, 0.29) is 11.3 Å². The van der Waals surface area contributed by atoms with Crippen molar-refractivity contribution in [3.05, 3.63) is 58.2 Å². The number of aromatic nitrogens is 2. The SMILES string of the molecule is Cc1n[nH]c(C)c1C(O)=C1C(=O)C(=O)N(CCCN2CCOCC2)[C@@H]1c1ccc(F)cc1. The maximum absolute atomic E-state index is 13.6. The van der Waals surface area contributed by atoms with Crippen LogP contribution in [0.25, 0.3) is 5.76 Å². The second-order valence-electron chi connectivity index (χ2n) is 8.16. The monoisotopic (exact) mass is 442 g/mol.